The Labute approximate surface area is 134 Å². The minimum atomic E-state index is 0.871. The first-order valence-corrected chi connectivity index (χ1v) is 8.71. The van der Waals surface area contributed by atoms with Gasteiger partial charge in [-0.3, -0.25) is 4.68 Å². The molecule has 2 heterocycles. The Morgan fingerprint density at radius 3 is 2.63 bits per heavy atom. The lowest BCUT2D eigenvalue weighted by Gasteiger charge is -2.05. The van der Waals surface area contributed by atoms with Crippen LogP contribution in [-0.2, 0) is 18.7 Å². The van der Waals surface area contributed by atoms with E-state index in [1.165, 1.54) is 5.69 Å². The van der Waals surface area contributed by atoms with Gasteiger partial charge in [-0.1, -0.05) is 6.92 Å². The number of nitrogens with zero attached hydrogens (tertiary/aromatic N) is 3. The van der Waals surface area contributed by atoms with Crippen LogP contribution in [-0.4, -0.2) is 14.8 Å². The molecule has 102 valence electrons. The largest absolute Gasteiger partial charge is 0.268 e. The second kappa shape index (κ2) is 6.90. The third-order valence-electron chi connectivity index (χ3n) is 2.75. The number of aromatic nitrogens is 3. The van der Waals surface area contributed by atoms with Gasteiger partial charge in [0.1, 0.15) is 0 Å². The van der Waals surface area contributed by atoms with Crippen molar-refractivity contribution in [2.24, 2.45) is 0 Å². The summed E-state index contributed by atoms with van der Waals surface area (Å²) in [4.78, 5) is 4.38. The van der Waals surface area contributed by atoms with E-state index in [0.717, 1.165) is 38.4 Å². The summed E-state index contributed by atoms with van der Waals surface area (Å²) >= 11 is 8.79. The number of thioether (sulfide) groups is 1. The van der Waals surface area contributed by atoms with Crippen molar-refractivity contribution in [1.82, 2.24) is 14.8 Å². The summed E-state index contributed by atoms with van der Waals surface area (Å²) in [6.07, 6.45) is 2.77. The molecular formula is C13H15Br2N3S. The fourth-order valence-electron chi connectivity index (χ4n) is 1.75. The predicted molar refractivity (Wildman–Crippen MR) is 86.5 cm³/mol. The second-order valence-corrected chi connectivity index (χ2v) is 6.68. The topological polar surface area (TPSA) is 30.7 Å². The first-order chi connectivity index (χ1) is 9.15. The van der Waals surface area contributed by atoms with Gasteiger partial charge < -0.3 is 0 Å². The molecule has 0 fully saturated rings. The summed E-state index contributed by atoms with van der Waals surface area (Å²) in [5.41, 5.74) is 2.36. The van der Waals surface area contributed by atoms with Gasteiger partial charge in [-0.15, -0.1) is 11.8 Å². The van der Waals surface area contributed by atoms with E-state index >= 15 is 0 Å². The quantitative estimate of drug-likeness (QED) is 0.678. The van der Waals surface area contributed by atoms with Gasteiger partial charge in [0.2, 0.25) is 0 Å². The number of hydrogen-bond acceptors (Lipinski definition) is 3. The molecule has 0 amide bonds. The molecule has 3 nitrogen and oxygen atoms in total. The molecule has 6 heteroatoms. The van der Waals surface area contributed by atoms with Gasteiger partial charge in [-0.25, -0.2) is 4.98 Å². The molecule has 2 aromatic heterocycles. The monoisotopic (exact) mass is 403 g/mol. The zero-order chi connectivity index (χ0) is 13.8. The van der Waals surface area contributed by atoms with E-state index in [0.29, 0.717) is 0 Å². The number of rotatable bonds is 5. The van der Waals surface area contributed by atoms with Crippen molar-refractivity contribution in [3.8, 4) is 0 Å². The average molecular weight is 405 g/mol. The van der Waals surface area contributed by atoms with E-state index in [1.807, 2.05) is 18.3 Å². The molecule has 0 radical (unpaired) electrons. The summed E-state index contributed by atoms with van der Waals surface area (Å²) in [7, 11) is 0. The van der Waals surface area contributed by atoms with Gasteiger partial charge in [-0.05, 0) is 57.3 Å². The summed E-state index contributed by atoms with van der Waals surface area (Å²) < 4.78 is 4.21. The zero-order valence-electron chi connectivity index (χ0n) is 10.9. The van der Waals surface area contributed by atoms with E-state index in [-0.39, 0.29) is 0 Å². The zero-order valence-corrected chi connectivity index (χ0v) is 14.8. The van der Waals surface area contributed by atoms with Crippen LogP contribution in [0.2, 0.25) is 0 Å². The normalized spacial score (nSPS) is 10.9. The highest BCUT2D eigenvalue weighted by Gasteiger charge is 2.14. The van der Waals surface area contributed by atoms with Crippen LogP contribution in [0.15, 0.2) is 32.3 Å². The lowest BCUT2D eigenvalue weighted by atomic mass is 10.3. The molecule has 0 aliphatic rings. The van der Waals surface area contributed by atoms with Crippen LogP contribution < -0.4 is 0 Å². The lowest BCUT2D eigenvalue weighted by Crippen LogP contribution is -2.02. The molecule has 0 bridgehead atoms. The molecule has 19 heavy (non-hydrogen) atoms. The SMILES string of the molecule is CCc1nn(CC)c(CSc2ccc(Br)cn2)c1Br. The van der Waals surface area contributed by atoms with Gasteiger partial charge in [0.05, 0.1) is 20.9 Å². The van der Waals surface area contributed by atoms with E-state index in [2.05, 4.69) is 60.5 Å². The third kappa shape index (κ3) is 3.61. The smallest absolute Gasteiger partial charge is 0.0964 e. The molecule has 2 aromatic rings. The molecule has 0 aliphatic heterocycles. The maximum Gasteiger partial charge on any atom is 0.0964 e. The highest BCUT2D eigenvalue weighted by molar-refractivity contribution is 9.10. The van der Waals surface area contributed by atoms with Crippen LogP contribution in [0.5, 0.6) is 0 Å². The van der Waals surface area contributed by atoms with Crippen molar-refractivity contribution in [1.29, 1.82) is 0 Å². The predicted octanol–water partition coefficient (Wildman–Crippen LogP) is 4.68. The van der Waals surface area contributed by atoms with E-state index in [1.54, 1.807) is 11.8 Å². The van der Waals surface area contributed by atoms with Gasteiger partial charge in [-0.2, -0.15) is 5.10 Å². The van der Waals surface area contributed by atoms with Crippen LogP contribution >= 0.6 is 43.6 Å². The Morgan fingerprint density at radius 2 is 2.05 bits per heavy atom. The highest BCUT2D eigenvalue weighted by atomic mass is 79.9. The van der Waals surface area contributed by atoms with Crippen LogP contribution in [0, 0.1) is 0 Å². The van der Waals surface area contributed by atoms with Crippen molar-refractivity contribution < 1.29 is 0 Å². The van der Waals surface area contributed by atoms with Gasteiger partial charge in [0, 0.05) is 23.0 Å². The molecule has 0 N–H and O–H groups in total. The molecule has 2 rings (SSSR count). The standard InChI is InChI=1S/C13H15Br2N3S/c1-3-10-13(15)11(18(4-2)17-10)8-19-12-6-5-9(14)7-16-12/h5-7H,3-4,8H2,1-2H3. The van der Waals surface area contributed by atoms with Gasteiger partial charge in [0.15, 0.2) is 0 Å². The second-order valence-electron chi connectivity index (χ2n) is 3.98. The average Bonchev–Trinajstić information content (AvgIpc) is 2.74. The number of pyridine rings is 1. The van der Waals surface area contributed by atoms with Crippen molar-refractivity contribution in [2.75, 3.05) is 0 Å². The molecule has 0 aromatic carbocycles. The Bertz CT molecular complexity index is 552. The summed E-state index contributed by atoms with van der Waals surface area (Å²) in [5.74, 6) is 0.871. The van der Waals surface area contributed by atoms with Crippen LogP contribution in [0.4, 0.5) is 0 Å². The molecule has 0 atom stereocenters. The van der Waals surface area contributed by atoms with Crippen molar-refractivity contribution in [2.45, 2.75) is 37.6 Å². The highest BCUT2D eigenvalue weighted by Crippen LogP contribution is 2.29. The molecule has 0 aliphatic carbocycles. The van der Waals surface area contributed by atoms with Gasteiger partial charge in [0.25, 0.3) is 0 Å². The Balaban J connectivity index is 2.14. The van der Waals surface area contributed by atoms with Crippen molar-refractivity contribution in [3.63, 3.8) is 0 Å². The summed E-state index contributed by atoms with van der Waals surface area (Å²) in [6, 6.07) is 4.04. The molecule has 0 saturated heterocycles. The minimum Gasteiger partial charge on any atom is -0.268 e. The summed E-state index contributed by atoms with van der Waals surface area (Å²) in [6.45, 7) is 5.13. The van der Waals surface area contributed by atoms with Crippen LogP contribution in [0.25, 0.3) is 0 Å². The van der Waals surface area contributed by atoms with E-state index in [4.69, 9.17) is 0 Å². The third-order valence-corrected chi connectivity index (χ3v) is 5.09. The van der Waals surface area contributed by atoms with Crippen molar-refractivity contribution in [3.05, 3.63) is 38.7 Å². The number of halogens is 2. The fraction of sp³-hybridized carbons (Fsp3) is 0.385. The summed E-state index contributed by atoms with van der Waals surface area (Å²) in [5, 5.41) is 5.63. The number of hydrogen-bond donors (Lipinski definition) is 0. The molecule has 0 spiro atoms. The van der Waals surface area contributed by atoms with Gasteiger partial charge >= 0.3 is 0 Å². The van der Waals surface area contributed by atoms with Crippen LogP contribution in [0.1, 0.15) is 25.2 Å². The first-order valence-electron chi connectivity index (χ1n) is 6.14. The lowest BCUT2D eigenvalue weighted by molar-refractivity contribution is 0.627. The van der Waals surface area contributed by atoms with E-state index < -0.39 is 0 Å². The van der Waals surface area contributed by atoms with E-state index in [9.17, 15) is 0 Å². The fourth-order valence-corrected chi connectivity index (χ4v) is 3.74. The minimum absolute atomic E-state index is 0.871. The molecular weight excluding hydrogens is 390 g/mol. The maximum atomic E-state index is 4.60. The molecule has 0 saturated carbocycles. The Morgan fingerprint density at radius 1 is 1.26 bits per heavy atom. The Kier molecular flexibility index (Phi) is 5.47. The first kappa shape index (κ1) is 15.1. The van der Waals surface area contributed by atoms with Crippen LogP contribution in [0.3, 0.4) is 0 Å². The number of aryl methyl sites for hydroxylation is 2. The Hall–Kier alpha value is -0.330. The maximum absolute atomic E-state index is 4.60. The van der Waals surface area contributed by atoms with Crippen molar-refractivity contribution >= 4 is 43.6 Å². The molecule has 0 unspecified atom stereocenters.